The first-order valence-corrected chi connectivity index (χ1v) is 7.15. The Balaban J connectivity index is 2.25. The van der Waals surface area contributed by atoms with Crippen LogP contribution in [0.25, 0.3) is 0 Å². The van der Waals surface area contributed by atoms with E-state index in [0.717, 1.165) is 26.0 Å². The van der Waals surface area contributed by atoms with E-state index in [0.29, 0.717) is 13.2 Å². The van der Waals surface area contributed by atoms with Crippen molar-refractivity contribution in [3.05, 3.63) is 0 Å². The van der Waals surface area contributed by atoms with Crippen LogP contribution < -0.4 is 0 Å². The quantitative estimate of drug-likeness (QED) is 0.744. The van der Waals surface area contributed by atoms with E-state index in [1.165, 1.54) is 6.42 Å². The van der Waals surface area contributed by atoms with Gasteiger partial charge in [-0.2, -0.15) is 0 Å². The normalized spacial score (nSPS) is 20.2. The van der Waals surface area contributed by atoms with Crippen molar-refractivity contribution >= 4 is 0 Å². The van der Waals surface area contributed by atoms with Gasteiger partial charge in [0.05, 0.1) is 13.2 Å². The molecule has 4 heteroatoms. The minimum absolute atomic E-state index is 0.0702. The maximum Gasteiger partial charge on any atom is 0.158 e. The topological polar surface area (TPSA) is 41.9 Å². The molecule has 0 aromatic heterocycles. The maximum atomic E-state index is 9.34. The Morgan fingerprint density at radius 3 is 2.74 bits per heavy atom. The average Bonchev–Trinajstić information content (AvgIpc) is 2.43. The van der Waals surface area contributed by atoms with Crippen molar-refractivity contribution < 1.29 is 14.6 Å². The summed E-state index contributed by atoms with van der Waals surface area (Å²) in [6.45, 7) is 8.98. The van der Waals surface area contributed by atoms with Crippen LogP contribution in [0.2, 0.25) is 0 Å². The lowest BCUT2D eigenvalue weighted by molar-refractivity contribution is -0.154. The fraction of sp³-hybridized carbons (Fsp3) is 0.867. The van der Waals surface area contributed by atoms with Gasteiger partial charge in [-0.05, 0) is 39.7 Å². The van der Waals surface area contributed by atoms with Crippen LogP contribution in [0.5, 0.6) is 0 Å². The standard InChI is InChI=1S/C15H27NO3/c1-4-16(15(2,3)13-17)10-6-8-12-19-14-9-5-7-11-18-14/h14,17H,4-5,7,9-13H2,1-3H3. The fourth-order valence-corrected chi connectivity index (χ4v) is 2.03. The summed E-state index contributed by atoms with van der Waals surface area (Å²) in [5.74, 6) is 6.12. The van der Waals surface area contributed by atoms with Gasteiger partial charge < -0.3 is 14.6 Å². The van der Waals surface area contributed by atoms with Crippen LogP contribution in [0.1, 0.15) is 40.0 Å². The second-order valence-electron chi connectivity index (χ2n) is 5.45. The molecular formula is C15H27NO3. The summed E-state index contributed by atoms with van der Waals surface area (Å²) in [4.78, 5) is 2.15. The maximum absolute atomic E-state index is 9.34. The summed E-state index contributed by atoms with van der Waals surface area (Å²) in [6.07, 6.45) is 3.21. The molecule has 19 heavy (non-hydrogen) atoms. The van der Waals surface area contributed by atoms with Gasteiger partial charge in [-0.15, -0.1) is 0 Å². The molecule has 1 saturated heterocycles. The second kappa shape index (κ2) is 8.55. The fourth-order valence-electron chi connectivity index (χ4n) is 2.03. The largest absolute Gasteiger partial charge is 0.394 e. The van der Waals surface area contributed by atoms with Gasteiger partial charge in [0.1, 0.15) is 6.61 Å². The van der Waals surface area contributed by atoms with Crippen LogP contribution in [-0.2, 0) is 9.47 Å². The van der Waals surface area contributed by atoms with E-state index in [2.05, 4.69) is 23.7 Å². The highest BCUT2D eigenvalue weighted by Crippen LogP contribution is 2.13. The van der Waals surface area contributed by atoms with E-state index >= 15 is 0 Å². The molecule has 1 rings (SSSR count). The van der Waals surface area contributed by atoms with Crippen LogP contribution in [0.3, 0.4) is 0 Å². The molecule has 0 radical (unpaired) electrons. The lowest BCUT2D eigenvalue weighted by atomic mass is 10.0. The van der Waals surface area contributed by atoms with Crippen LogP contribution >= 0.6 is 0 Å². The number of hydrogen-bond donors (Lipinski definition) is 1. The van der Waals surface area contributed by atoms with Crippen LogP contribution in [0, 0.1) is 11.8 Å². The van der Waals surface area contributed by atoms with Gasteiger partial charge in [0.2, 0.25) is 0 Å². The van der Waals surface area contributed by atoms with Gasteiger partial charge in [-0.25, -0.2) is 0 Å². The zero-order valence-corrected chi connectivity index (χ0v) is 12.4. The SMILES string of the molecule is CCN(CC#CCOC1CCCCO1)C(C)(C)CO. The van der Waals surface area contributed by atoms with E-state index in [1.54, 1.807) is 0 Å². The molecule has 0 saturated carbocycles. The number of aliphatic hydroxyl groups excluding tert-OH is 1. The Bertz CT molecular complexity index is 300. The van der Waals surface area contributed by atoms with Crippen LogP contribution in [0.4, 0.5) is 0 Å². The van der Waals surface area contributed by atoms with Crippen molar-refractivity contribution in [3.63, 3.8) is 0 Å². The molecule has 1 aliphatic heterocycles. The van der Waals surface area contributed by atoms with Gasteiger partial charge in [0.15, 0.2) is 6.29 Å². The highest BCUT2D eigenvalue weighted by atomic mass is 16.7. The molecule has 1 fully saturated rings. The van der Waals surface area contributed by atoms with E-state index in [9.17, 15) is 5.11 Å². The van der Waals surface area contributed by atoms with Gasteiger partial charge in [0.25, 0.3) is 0 Å². The van der Waals surface area contributed by atoms with Crippen molar-refractivity contribution in [1.29, 1.82) is 0 Å². The molecule has 0 amide bonds. The Morgan fingerprint density at radius 1 is 1.37 bits per heavy atom. The zero-order valence-electron chi connectivity index (χ0n) is 12.4. The average molecular weight is 269 g/mol. The smallest absolute Gasteiger partial charge is 0.158 e. The number of aliphatic hydroxyl groups is 1. The Morgan fingerprint density at radius 2 is 2.16 bits per heavy atom. The molecule has 1 atom stereocenters. The monoisotopic (exact) mass is 269 g/mol. The highest BCUT2D eigenvalue weighted by Gasteiger charge is 2.23. The molecule has 0 spiro atoms. The highest BCUT2D eigenvalue weighted by molar-refractivity contribution is 5.03. The lowest BCUT2D eigenvalue weighted by Gasteiger charge is -2.34. The second-order valence-corrected chi connectivity index (χ2v) is 5.45. The number of ether oxygens (including phenoxy) is 2. The third-order valence-electron chi connectivity index (χ3n) is 3.50. The van der Waals surface area contributed by atoms with Gasteiger partial charge in [0, 0.05) is 12.1 Å². The van der Waals surface area contributed by atoms with E-state index in [-0.39, 0.29) is 18.4 Å². The third kappa shape index (κ3) is 5.92. The number of likely N-dealkylation sites (N-methyl/N-ethyl adjacent to an activating group) is 1. The Hall–Kier alpha value is -0.600. The molecule has 1 N–H and O–H groups in total. The molecule has 0 aromatic rings. The lowest BCUT2D eigenvalue weighted by Crippen LogP contribution is -2.46. The number of nitrogens with zero attached hydrogens (tertiary/aromatic N) is 1. The van der Waals surface area contributed by atoms with E-state index in [1.807, 2.05) is 13.8 Å². The zero-order chi connectivity index (χ0) is 14.1. The number of rotatable bonds is 6. The van der Waals surface area contributed by atoms with E-state index in [4.69, 9.17) is 9.47 Å². The summed E-state index contributed by atoms with van der Waals surface area (Å²) in [5.41, 5.74) is -0.225. The first-order chi connectivity index (χ1) is 9.10. The minimum atomic E-state index is -0.225. The number of hydrogen-bond acceptors (Lipinski definition) is 4. The predicted octanol–water partition coefficient (Wildman–Crippen LogP) is 1.63. The molecule has 1 heterocycles. The van der Waals surface area contributed by atoms with Crippen LogP contribution in [-0.4, -0.2) is 54.7 Å². The van der Waals surface area contributed by atoms with Gasteiger partial charge in [-0.3, -0.25) is 4.90 Å². The molecule has 0 aliphatic carbocycles. The van der Waals surface area contributed by atoms with E-state index < -0.39 is 0 Å². The van der Waals surface area contributed by atoms with Crippen molar-refractivity contribution in [1.82, 2.24) is 4.90 Å². The summed E-state index contributed by atoms with van der Waals surface area (Å²) in [7, 11) is 0. The minimum Gasteiger partial charge on any atom is -0.394 e. The van der Waals surface area contributed by atoms with Crippen molar-refractivity contribution in [2.75, 3.05) is 32.9 Å². The molecule has 0 bridgehead atoms. The molecule has 110 valence electrons. The predicted molar refractivity (Wildman–Crippen MR) is 75.7 cm³/mol. The Kier molecular flexibility index (Phi) is 7.40. The molecule has 0 aromatic carbocycles. The summed E-state index contributed by atoms with van der Waals surface area (Å²) < 4.78 is 11.0. The van der Waals surface area contributed by atoms with Crippen molar-refractivity contribution in [2.24, 2.45) is 0 Å². The third-order valence-corrected chi connectivity index (χ3v) is 3.50. The Labute approximate surface area is 117 Å². The van der Waals surface area contributed by atoms with Crippen molar-refractivity contribution in [2.45, 2.75) is 51.9 Å². The molecular weight excluding hydrogens is 242 g/mol. The van der Waals surface area contributed by atoms with Gasteiger partial charge >= 0.3 is 0 Å². The summed E-state index contributed by atoms with van der Waals surface area (Å²) in [5, 5.41) is 9.34. The molecule has 1 aliphatic rings. The molecule has 4 nitrogen and oxygen atoms in total. The summed E-state index contributed by atoms with van der Waals surface area (Å²) in [6, 6.07) is 0. The first-order valence-electron chi connectivity index (χ1n) is 7.15. The van der Waals surface area contributed by atoms with Crippen LogP contribution in [0.15, 0.2) is 0 Å². The summed E-state index contributed by atoms with van der Waals surface area (Å²) >= 11 is 0. The van der Waals surface area contributed by atoms with Crippen molar-refractivity contribution in [3.8, 4) is 11.8 Å². The molecule has 1 unspecified atom stereocenters. The van der Waals surface area contributed by atoms with Gasteiger partial charge in [-0.1, -0.05) is 18.8 Å². The first kappa shape index (κ1) is 16.5.